The predicted molar refractivity (Wildman–Crippen MR) is 277 cm³/mol. The number of hydrogen-bond donors (Lipinski definition) is 1. The van der Waals surface area contributed by atoms with Gasteiger partial charge in [-0.3, -0.25) is 4.79 Å². The van der Waals surface area contributed by atoms with Gasteiger partial charge >= 0.3 is 5.97 Å². The quantitative estimate of drug-likeness (QED) is 0.0474. The van der Waals surface area contributed by atoms with Gasteiger partial charge in [-0.2, -0.15) is 0 Å². The number of benzene rings is 2. The number of ether oxygens (including phenoxy) is 10. The predicted octanol–water partition coefficient (Wildman–Crippen LogP) is 4.13. The number of carboxylic acids is 1. The Balaban J connectivity index is 1.51. The van der Waals surface area contributed by atoms with Crippen molar-refractivity contribution in [3.05, 3.63) is 83.1 Å². The van der Waals surface area contributed by atoms with Gasteiger partial charge in [0.05, 0.1) is 133 Å². The highest BCUT2D eigenvalue weighted by atomic mass is 32.2. The van der Waals surface area contributed by atoms with Crippen LogP contribution in [0.1, 0.15) is 56.6 Å². The Hall–Kier alpha value is -4.18. The van der Waals surface area contributed by atoms with Crippen molar-refractivity contribution in [3.8, 4) is 11.3 Å². The van der Waals surface area contributed by atoms with Gasteiger partial charge in [0.15, 0.2) is 13.1 Å². The number of anilines is 1. The van der Waals surface area contributed by atoms with Gasteiger partial charge in [0, 0.05) is 61.4 Å². The van der Waals surface area contributed by atoms with Crippen LogP contribution in [0.5, 0.6) is 0 Å². The van der Waals surface area contributed by atoms with E-state index in [0.717, 1.165) is 16.5 Å². The molecule has 0 amide bonds. The number of unbranched alkanes of at least 4 members (excludes halogenated alkanes) is 2. The molecule has 2 heterocycles. The van der Waals surface area contributed by atoms with E-state index < -0.39 is 42.3 Å². The highest BCUT2D eigenvalue weighted by molar-refractivity contribution is 7.86. The summed E-state index contributed by atoms with van der Waals surface area (Å²) in [6, 6.07) is 11.9. The number of allylic oxidation sites excluding steroid dienone is 3. The van der Waals surface area contributed by atoms with Crippen LogP contribution >= 0.6 is 0 Å². The maximum Gasteiger partial charge on any atom is 0.303 e. The molecule has 23 heteroatoms. The van der Waals surface area contributed by atoms with E-state index in [1.54, 1.807) is 26.5 Å². The first kappa shape index (κ1) is 63.4. The lowest BCUT2D eigenvalue weighted by atomic mass is 9.77. The molecular weight excluding hydrogens is 1020 g/mol. The van der Waals surface area contributed by atoms with Gasteiger partial charge in [-0.1, -0.05) is 18.6 Å². The molecule has 21 nitrogen and oxygen atoms in total. The number of rotatable bonds is 43. The third-order valence-corrected chi connectivity index (χ3v) is 13.7. The standard InChI is InChI=1S/C52H78N2O19S2/c1-52(17-8-40-74(57,58)59)47-42-45(75(60,61)62)13-15-48(47)54(18-6-4-5-11-51(55)56)50(52)10-7-9-43-16-21-73-49-41-44(12-14-46(43)49)53(19-22-65-28-30-69-36-38-71-34-32-67-26-24-63-2)20-23-66-29-31-70-37-39-72-35-33-68-27-25-64-3/h7,9-10,12-16,21,41-42H,4-6,8,11,17-20,22-40H2,1-3H3,(H2-,55,56,57,58,59,60,61,62)/p-1. The van der Waals surface area contributed by atoms with Crippen molar-refractivity contribution < 1.29 is 87.6 Å². The van der Waals surface area contributed by atoms with Crippen LogP contribution in [0.25, 0.3) is 17.4 Å². The Labute approximate surface area is 442 Å². The van der Waals surface area contributed by atoms with Crippen LogP contribution in [-0.2, 0) is 77.8 Å². The Morgan fingerprint density at radius 3 is 1.72 bits per heavy atom. The van der Waals surface area contributed by atoms with Crippen molar-refractivity contribution in [2.45, 2.75) is 55.8 Å². The van der Waals surface area contributed by atoms with Crippen molar-refractivity contribution in [2.75, 3.05) is 163 Å². The molecule has 0 saturated carbocycles. The summed E-state index contributed by atoms with van der Waals surface area (Å²) in [5.74, 6) is -0.924. The number of fused-ring (bicyclic) bond motifs is 2. The van der Waals surface area contributed by atoms with E-state index >= 15 is 0 Å². The van der Waals surface area contributed by atoms with Crippen molar-refractivity contribution >= 4 is 38.0 Å². The Bertz CT molecular complexity index is 2410. The summed E-state index contributed by atoms with van der Waals surface area (Å²) in [6.45, 7) is 11.5. The summed E-state index contributed by atoms with van der Waals surface area (Å²) in [4.78, 5) is 12.8. The molecule has 0 spiro atoms. The molecule has 1 unspecified atom stereocenters. The molecule has 1 aromatic carbocycles. The fraction of sp³-hybridized carbons (Fsp3) is 0.615. The molecule has 75 heavy (non-hydrogen) atoms. The van der Waals surface area contributed by atoms with E-state index in [0.29, 0.717) is 181 Å². The first-order valence-electron chi connectivity index (χ1n) is 25.3. The number of aliphatic carboxylic acids is 1. The van der Waals surface area contributed by atoms with Crippen molar-refractivity contribution in [1.82, 2.24) is 4.58 Å². The Kier molecular flexibility index (Phi) is 29.8. The third-order valence-electron chi connectivity index (χ3n) is 12.1. The molecule has 2 aliphatic heterocycles. The molecule has 0 fully saturated rings. The second-order valence-electron chi connectivity index (χ2n) is 17.5. The van der Waals surface area contributed by atoms with Gasteiger partial charge in [0.1, 0.15) is 29.1 Å². The maximum absolute atomic E-state index is 12.2. The van der Waals surface area contributed by atoms with Gasteiger partial charge < -0.3 is 70.9 Å². The molecule has 1 aromatic rings. The van der Waals surface area contributed by atoms with Gasteiger partial charge in [-0.25, -0.2) is 21.4 Å². The second-order valence-corrected chi connectivity index (χ2v) is 20.4. The summed E-state index contributed by atoms with van der Waals surface area (Å²) < 4.78 is 135. The molecule has 1 N–H and O–H groups in total. The fourth-order valence-electron chi connectivity index (χ4n) is 8.25. The molecule has 0 radical (unpaired) electrons. The largest absolute Gasteiger partial charge is 0.748 e. The minimum atomic E-state index is -4.85. The van der Waals surface area contributed by atoms with Crippen LogP contribution in [0.3, 0.4) is 0 Å². The molecule has 3 aliphatic rings. The minimum absolute atomic E-state index is 0.0106. The SMILES string of the molecule is COCCOCCOCCOCCOCC[N+](CCOCCOCCOCCOCCOC)=c1ccc2c(/C=C/C=C3/N(CCCCCC(=O)O)c4ccc(S(=O)(=O)[O-])cc4C3(C)CCCS(=O)(=O)[O-])ccoc-2c1. The lowest BCUT2D eigenvalue weighted by Gasteiger charge is -2.31. The van der Waals surface area contributed by atoms with Crippen LogP contribution in [0, 0.1) is 0 Å². The zero-order valence-corrected chi connectivity index (χ0v) is 45.3. The number of carbonyl (C=O) groups is 1. The zero-order chi connectivity index (χ0) is 54.2. The van der Waals surface area contributed by atoms with Crippen molar-refractivity contribution in [1.29, 1.82) is 0 Å². The Morgan fingerprint density at radius 1 is 0.680 bits per heavy atom. The third kappa shape index (κ3) is 23.9. The van der Waals surface area contributed by atoms with E-state index in [1.807, 2.05) is 54.3 Å². The van der Waals surface area contributed by atoms with E-state index in [9.17, 15) is 35.8 Å². The summed E-state index contributed by atoms with van der Waals surface area (Å²) in [7, 11) is -6.17. The topological polar surface area (TPSA) is 263 Å². The smallest absolute Gasteiger partial charge is 0.303 e. The fourth-order valence-corrected chi connectivity index (χ4v) is 9.24. The first-order chi connectivity index (χ1) is 36.2. The van der Waals surface area contributed by atoms with Gasteiger partial charge in [-0.15, -0.1) is 0 Å². The average Bonchev–Trinajstić information content (AvgIpc) is 3.60. The highest BCUT2D eigenvalue weighted by Crippen LogP contribution is 2.51. The highest BCUT2D eigenvalue weighted by Gasteiger charge is 2.43. The Morgan fingerprint density at radius 2 is 1.21 bits per heavy atom. The summed E-state index contributed by atoms with van der Waals surface area (Å²) in [5, 5.41) is 10.1. The molecular formula is C52H77N2O19S2-. The number of methoxy groups -OCH3 is 2. The average molecular weight is 1100 g/mol. The van der Waals surface area contributed by atoms with E-state index in [-0.39, 0.29) is 19.3 Å². The van der Waals surface area contributed by atoms with E-state index in [2.05, 4.69) is 4.58 Å². The van der Waals surface area contributed by atoms with Crippen molar-refractivity contribution in [3.63, 3.8) is 0 Å². The lowest BCUT2D eigenvalue weighted by molar-refractivity contribution is -0.137. The lowest BCUT2D eigenvalue weighted by Crippen LogP contribution is -2.36. The van der Waals surface area contributed by atoms with Crippen LogP contribution in [0.4, 0.5) is 5.69 Å². The number of nitrogens with zero attached hydrogens (tertiary/aromatic N) is 2. The molecule has 1 atom stereocenters. The van der Waals surface area contributed by atoms with Crippen LogP contribution in [0.2, 0.25) is 0 Å². The minimum Gasteiger partial charge on any atom is -0.748 e. The summed E-state index contributed by atoms with van der Waals surface area (Å²) in [6.07, 6.45) is 8.95. The van der Waals surface area contributed by atoms with Gasteiger partial charge in [0.25, 0.3) is 0 Å². The monoisotopic (exact) mass is 1100 g/mol. The zero-order valence-electron chi connectivity index (χ0n) is 43.7. The van der Waals surface area contributed by atoms with Crippen LogP contribution in [0.15, 0.2) is 75.9 Å². The second kappa shape index (κ2) is 35.3. The molecule has 0 bridgehead atoms. The van der Waals surface area contributed by atoms with Crippen LogP contribution < -0.4 is 14.8 Å². The van der Waals surface area contributed by atoms with E-state index in [4.69, 9.17) is 51.8 Å². The first-order valence-corrected chi connectivity index (χ1v) is 28.3. The van der Waals surface area contributed by atoms with Gasteiger partial charge in [-0.05, 0) is 80.1 Å². The molecule has 0 aromatic heterocycles. The van der Waals surface area contributed by atoms with Gasteiger partial charge in [0.2, 0.25) is 5.36 Å². The van der Waals surface area contributed by atoms with E-state index in [1.165, 1.54) is 12.1 Å². The molecule has 1 aliphatic carbocycles. The number of carboxylic acid groups (broad SMARTS) is 1. The van der Waals surface area contributed by atoms with Crippen LogP contribution in [-0.4, -0.2) is 196 Å². The maximum atomic E-state index is 12.2. The van der Waals surface area contributed by atoms with Crippen molar-refractivity contribution in [2.24, 2.45) is 0 Å². The normalized spacial score (nSPS) is 15.5. The molecule has 422 valence electrons. The number of hydrogen-bond acceptors (Lipinski definition) is 19. The molecule has 0 saturated heterocycles. The molecule has 4 rings (SSSR count). The summed E-state index contributed by atoms with van der Waals surface area (Å²) in [5.41, 5.74) is 2.42. The summed E-state index contributed by atoms with van der Waals surface area (Å²) >= 11 is 0.